The SMILES string of the molecule is CSCCn1nnc2ccc(N)cc21. The summed E-state index contributed by atoms with van der Waals surface area (Å²) >= 11 is 1.79. The maximum atomic E-state index is 5.71. The summed E-state index contributed by atoms with van der Waals surface area (Å²) in [6.45, 7) is 0.876. The summed E-state index contributed by atoms with van der Waals surface area (Å²) in [7, 11) is 0. The Kier molecular flexibility index (Phi) is 2.58. The number of anilines is 1. The largest absolute Gasteiger partial charge is 0.399 e. The number of thioether (sulfide) groups is 1. The number of nitrogens with zero attached hydrogens (tertiary/aromatic N) is 3. The minimum Gasteiger partial charge on any atom is -0.399 e. The molecule has 1 aromatic carbocycles. The summed E-state index contributed by atoms with van der Waals surface area (Å²) < 4.78 is 1.89. The molecule has 2 rings (SSSR count). The number of rotatable bonds is 3. The lowest BCUT2D eigenvalue weighted by atomic mass is 10.3. The summed E-state index contributed by atoms with van der Waals surface area (Å²) in [5.41, 5.74) is 8.38. The Morgan fingerprint density at radius 3 is 3.14 bits per heavy atom. The van der Waals surface area contributed by atoms with Gasteiger partial charge in [0.1, 0.15) is 5.52 Å². The molecule has 0 atom stereocenters. The molecule has 4 nitrogen and oxygen atoms in total. The van der Waals surface area contributed by atoms with Gasteiger partial charge < -0.3 is 5.73 Å². The average Bonchev–Trinajstić information content (AvgIpc) is 2.57. The molecule has 0 aliphatic rings. The number of nitrogen functional groups attached to an aromatic ring is 1. The van der Waals surface area contributed by atoms with E-state index in [-0.39, 0.29) is 0 Å². The molecule has 74 valence electrons. The topological polar surface area (TPSA) is 56.7 Å². The van der Waals surface area contributed by atoms with E-state index in [0.29, 0.717) is 0 Å². The molecular weight excluding hydrogens is 196 g/mol. The standard InChI is InChI=1S/C9H12N4S/c1-14-5-4-13-9-6-7(10)2-3-8(9)11-12-13/h2-3,6H,4-5,10H2,1H3. The zero-order valence-corrected chi connectivity index (χ0v) is 8.79. The highest BCUT2D eigenvalue weighted by Crippen LogP contribution is 2.14. The van der Waals surface area contributed by atoms with Crippen LogP contribution in [0, 0.1) is 0 Å². The van der Waals surface area contributed by atoms with Gasteiger partial charge in [0, 0.05) is 11.4 Å². The summed E-state index contributed by atoms with van der Waals surface area (Å²) in [6.07, 6.45) is 2.08. The van der Waals surface area contributed by atoms with Crippen LogP contribution in [0.15, 0.2) is 18.2 Å². The van der Waals surface area contributed by atoms with E-state index < -0.39 is 0 Å². The molecular formula is C9H12N4S. The minimum absolute atomic E-state index is 0.755. The van der Waals surface area contributed by atoms with Gasteiger partial charge in [0.2, 0.25) is 0 Å². The van der Waals surface area contributed by atoms with Gasteiger partial charge in [-0.2, -0.15) is 11.8 Å². The highest BCUT2D eigenvalue weighted by molar-refractivity contribution is 7.98. The van der Waals surface area contributed by atoms with Crippen LogP contribution in [0.4, 0.5) is 5.69 Å². The smallest absolute Gasteiger partial charge is 0.113 e. The van der Waals surface area contributed by atoms with Gasteiger partial charge in [0.25, 0.3) is 0 Å². The van der Waals surface area contributed by atoms with Crippen molar-refractivity contribution in [2.75, 3.05) is 17.7 Å². The van der Waals surface area contributed by atoms with E-state index in [1.807, 2.05) is 22.9 Å². The molecule has 5 heteroatoms. The minimum atomic E-state index is 0.755. The third-order valence-corrected chi connectivity index (χ3v) is 2.64. The highest BCUT2D eigenvalue weighted by Gasteiger charge is 2.03. The van der Waals surface area contributed by atoms with Gasteiger partial charge in [-0.1, -0.05) is 5.21 Å². The molecule has 0 saturated heterocycles. The van der Waals surface area contributed by atoms with E-state index in [2.05, 4.69) is 16.6 Å². The first kappa shape index (κ1) is 9.33. The van der Waals surface area contributed by atoms with E-state index in [1.165, 1.54) is 0 Å². The second kappa shape index (κ2) is 3.88. The van der Waals surface area contributed by atoms with Crippen molar-refractivity contribution in [3.05, 3.63) is 18.2 Å². The zero-order chi connectivity index (χ0) is 9.97. The number of fused-ring (bicyclic) bond motifs is 1. The highest BCUT2D eigenvalue weighted by atomic mass is 32.2. The Morgan fingerprint density at radius 1 is 1.50 bits per heavy atom. The van der Waals surface area contributed by atoms with Gasteiger partial charge >= 0.3 is 0 Å². The van der Waals surface area contributed by atoms with Crippen LogP contribution in [-0.4, -0.2) is 27.0 Å². The van der Waals surface area contributed by atoms with E-state index in [0.717, 1.165) is 29.0 Å². The third-order valence-electron chi connectivity index (χ3n) is 2.05. The maximum Gasteiger partial charge on any atom is 0.113 e. The predicted molar refractivity (Wildman–Crippen MR) is 60.3 cm³/mol. The molecule has 0 spiro atoms. The predicted octanol–water partition coefficient (Wildman–Crippen LogP) is 1.38. The fourth-order valence-corrected chi connectivity index (χ4v) is 1.68. The van der Waals surface area contributed by atoms with E-state index in [9.17, 15) is 0 Å². The van der Waals surface area contributed by atoms with E-state index in [1.54, 1.807) is 11.8 Å². The van der Waals surface area contributed by atoms with E-state index >= 15 is 0 Å². The van der Waals surface area contributed by atoms with Gasteiger partial charge in [-0.05, 0) is 24.5 Å². The Morgan fingerprint density at radius 2 is 2.36 bits per heavy atom. The summed E-state index contributed by atoms with van der Waals surface area (Å²) in [5, 5.41) is 8.13. The van der Waals surface area contributed by atoms with Crippen LogP contribution in [0.5, 0.6) is 0 Å². The lowest BCUT2D eigenvalue weighted by molar-refractivity contribution is 0.652. The van der Waals surface area contributed by atoms with Gasteiger partial charge in [-0.25, -0.2) is 4.68 Å². The van der Waals surface area contributed by atoms with Crippen molar-refractivity contribution in [1.29, 1.82) is 0 Å². The first-order valence-corrected chi connectivity index (χ1v) is 5.78. The number of aromatic nitrogens is 3. The van der Waals surface area contributed by atoms with Crippen molar-refractivity contribution in [2.24, 2.45) is 0 Å². The van der Waals surface area contributed by atoms with Crippen molar-refractivity contribution in [3.63, 3.8) is 0 Å². The van der Waals surface area contributed by atoms with Crippen molar-refractivity contribution in [2.45, 2.75) is 6.54 Å². The number of hydrogen-bond donors (Lipinski definition) is 1. The van der Waals surface area contributed by atoms with Crippen molar-refractivity contribution in [1.82, 2.24) is 15.0 Å². The maximum absolute atomic E-state index is 5.71. The van der Waals surface area contributed by atoms with Gasteiger partial charge in [0.15, 0.2) is 0 Å². The molecule has 0 fully saturated rings. The molecule has 14 heavy (non-hydrogen) atoms. The number of hydrogen-bond acceptors (Lipinski definition) is 4. The van der Waals surface area contributed by atoms with Crippen LogP contribution < -0.4 is 5.73 Å². The Hall–Kier alpha value is -1.23. The molecule has 2 aromatic rings. The second-order valence-electron chi connectivity index (χ2n) is 3.05. The second-order valence-corrected chi connectivity index (χ2v) is 4.04. The molecule has 0 radical (unpaired) electrons. The van der Waals surface area contributed by atoms with Crippen molar-refractivity contribution < 1.29 is 0 Å². The summed E-state index contributed by atoms with van der Waals surface area (Å²) in [5.74, 6) is 1.03. The molecule has 0 amide bonds. The van der Waals surface area contributed by atoms with Gasteiger partial charge in [0.05, 0.1) is 12.1 Å². The first-order chi connectivity index (χ1) is 6.81. The molecule has 1 heterocycles. The van der Waals surface area contributed by atoms with Gasteiger partial charge in [-0.3, -0.25) is 0 Å². The normalized spacial score (nSPS) is 10.9. The number of aryl methyl sites for hydroxylation is 1. The zero-order valence-electron chi connectivity index (χ0n) is 7.97. The van der Waals surface area contributed by atoms with Crippen LogP contribution in [0.2, 0.25) is 0 Å². The molecule has 2 N–H and O–H groups in total. The third kappa shape index (κ3) is 1.68. The van der Waals surface area contributed by atoms with Crippen molar-refractivity contribution in [3.8, 4) is 0 Å². The Balaban J connectivity index is 2.40. The molecule has 0 aliphatic heterocycles. The quantitative estimate of drug-likeness (QED) is 0.774. The fourth-order valence-electron chi connectivity index (χ4n) is 1.33. The average molecular weight is 208 g/mol. The van der Waals surface area contributed by atoms with Gasteiger partial charge in [-0.15, -0.1) is 5.10 Å². The van der Waals surface area contributed by atoms with Crippen LogP contribution in [0.1, 0.15) is 0 Å². The fraction of sp³-hybridized carbons (Fsp3) is 0.333. The molecule has 0 aliphatic carbocycles. The van der Waals surface area contributed by atoms with Crippen LogP contribution >= 0.6 is 11.8 Å². The lowest BCUT2D eigenvalue weighted by Crippen LogP contribution is -2.02. The first-order valence-electron chi connectivity index (χ1n) is 4.39. The van der Waals surface area contributed by atoms with Crippen LogP contribution in [0.3, 0.4) is 0 Å². The molecule has 1 aromatic heterocycles. The Labute approximate surface area is 86.5 Å². The summed E-state index contributed by atoms with van der Waals surface area (Å²) in [6, 6.07) is 5.65. The number of nitrogens with two attached hydrogens (primary N) is 1. The summed E-state index contributed by atoms with van der Waals surface area (Å²) in [4.78, 5) is 0. The monoisotopic (exact) mass is 208 g/mol. The van der Waals surface area contributed by atoms with Crippen LogP contribution in [-0.2, 0) is 6.54 Å². The van der Waals surface area contributed by atoms with Crippen LogP contribution in [0.25, 0.3) is 11.0 Å². The van der Waals surface area contributed by atoms with E-state index in [4.69, 9.17) is 5.73 Å². The molecule has 0 unspecified atom stereocenters. The molecule has 0 saturated carbocycles. The molecule has 0 bridgehead atoms. The lowest BCUT2D eigenvalue weighted by Gasteiger charge is -2.00. The Bertz CT molecular complexity index is 437. The number of benzene rings is 1. The van der Waals surface area contributed by atoms with Crippen molar-refractivity contribution >= 4 is 28.5 Å².